The molecule has 1 aliphatic heterocycles. The van der Waals surface area contributed by atoms with Gasteiger partial charge in [-0.05, 0) is 36.6 Å². The van der Waals surface area contributed by atoms with Crippen molar-refractivity contribution in [2.24, 2.45) is 0 Å². The van der Waals surface area contributed by atoms with Crippen LogP contribution in [0.2, 0.25) is 0 Å². The van der Waals surface area contributed by atoms with Gasteiger partial charge in [0.2, 0.25) is 5.91 Å². The normalized spacial score (nSPS) is 23.6. The molecule has 0 saturated carbocycles. The molecule has 4 heteroatoms. The van der Waals surface area contributed by atoms with Crippen molar-refractivity contribution in [1.29, 1.82) is 0 Å². The highest BCUT2D eigenvalue weighted by molar-refractivity contribution is 5.84. The standard InChI is InChI=1S/C14H19NO3/c1-9-13-7-12(18-3)5-4-10(13)6-11(8-16)15(2)14(9)17/h4-5,7,9,11,16H,6,8H2,1-3H3/t9-,11+/m0/s1. The summed E-state index contributed by atoms with van der Waals surface area (Å²) >= 11 is 0. The summed E-state index contributed by atoms with van der Waals surface area (Å²) in [5, 5.41) is 9.40. The number of carbonyl (C=O) groups is 1. The predicted octanol–water partition coefficient (Wildman–Crippen LogP) is 1.17. The maximum atomic E-state index is 12.3. The number of amides is 1. The first-order chi connectivity index (χ1) is 8.58. The molecule has 2 atom stereocenters. The zero-order valence-electron chi connectivity index (χ0n) is 11.0. The number of rotatable bonds is 2. The van der Waals surface area contributed by atoms with E-state index in [1.165, 1.54) is 0 Å². The smallest absolute Gasteiger partial charge is 0.229 e. The Morgan fingerprint density at radius 1 is 1.50 bits per heavy atom. The molecular weight excluding hydrogens is 230 g/mol. The van der Waals surface area contributed by atoms with Gasteiger partial charge < -0.3 is 14.7 Å². The second-order valence-corrected chi connectivity index (χ2v) is 4.78. The van der Waals surface area contributed by atoms with E-state index < -0.39 is 0 Å². The molecule has 1 heterocycles. The van der Waals surface area contributed by atoms with Gasteiger partial charge in [0.25, 0.3) is 0 Å². The van der Waals surface area contributed by atoms with Gasteiger partial charge in [0.15, 0.2) is 0 Å². The molecule has 0 saturated heterocycles. The van der Waals surface area contributed by atoms with Gasteiger partial charge >= 0.3 is 0 Å². The summed E-state index contributed by atoms with van der Waals surface area (Å²) in [5.74, 6) is 0.608. The van der Waals surface area contributed by atoms with E-state index in [1.807, 2.05) is 25.1 Å². The molecule has 0 aliphatic carbocycles. The molecule has 0 spiro atoms. The molecule has 1 amide bonds. The van der Waals surface area contributed by atoms with Crippen molar-refractivity contribution in [3.8, 4) is 5.75 Å². The van der Waals surface area contributed by atoms with E-state index in [1.54, 1.807) is 19.1 Å². The van der Waals surface area contributed by atoms with Crippen LogP contribution in [0, 0.1) is 0 Å². The molecular formula is C14H19NO3. The Morgan fingerprint density at radius 3 is 2.83 bits per heavy atom. The number of likely N-dealkylation sites (N-methyl/N-ethyl adjacent to an activating group) is 1. The summed E-state index contributed by atoms with van der Waals surface area (Å²) in [7, 11) is 3.37. The summed E-state index contributed by atoms with van der Waals surface area (Å²) < 4.78 is 5.21. The molecule has 0 radical (unpaired) electrons. The lowest BCUT2D eigenvalue weighted by atomic mass is 9.94. The van der Waals surface area contributed by atoms with E-state index in [4.69, 9.17) is 4.74 Å². The van der Waals surface area contributed by atoms with Crippen LogP contribution in [-0.4, -0.2) is 42.7 Å². The van der Waals surface area contributed by atoms with Gasteiger partial charge in [0, 0.05) is 7.05 Å². The van der Waals surface area contributed by atoms with Gasteiger partial charge in [-0.3, -0.25) is 4.79 Å². The molecule has 1 aliphatic rings. The van der Waals surface area contributed by atoms with Crippen LogP contribution in [0.1, 0.15) is 24.0 Å². The summed E-state index contributed by atoms with van der Waals surface area (Å²) in [6.07, 6.45) is 0.683. The van der Waals surface area contributed by atoms with Gasteiger partial charge in [-0.1, -0.05) is 6.07 Å². The average Bonchev–Trinajstić information content (AvgIpc) is 2.49. The molecule has 1 N–H and O–H groups in total. The first-order valence-corrected chi connectivity index (χ1v) is 6.12. The van der Waals surface area contributed by atoms with Gasteiger partial charge in [-0.2, -0.15) is 0 Å². The number of carbonyl (C=O) groups excluding carboxylic acids is 1. The Balaban J connectivity index is 2.47. The summed E-state index contributed by atoms with van der Waals surface area (Å²) in [5.41, 5.74) is 2.11. The minimum Gasteiger partial charge on any atom is -0.497 e. The van der Waals surface area contributed by atoms with Crippen LogP contribution in [0.4, 0.5) is 0 Å². The highest BCUT2D eigenvalue weighted by atomic mass is 16.5. The quantitative estimate of drug-likeness (QED) is 0.856. The fourth-order valence-electron chi connectivity index (χ4n) is 2.49. The topological polar surface area (TPSA) is 49.8 Å². The second kappa shape index (κ2) is 4.98. The van der Waals surface area contributed by atoms with Crippen LogP contribution in [-0.2, 0) is 11.2 Å². The van der Waals surface area contributed by atoms with Crippen LogP contribution >= 0.6 is 0 Å². The molecule has 18 heavy (non-hydrogen) atoms. The van der Waals surface area contributed by atoms with Crippen LogP contribution in [0.5, 0.6) is 5.75 Å². The van der Waals surface area contributed by atoms with Crippen LogP contribution in [0.15, 0.2) is 18.2 Å². The minimum absolute atomic E-state index is 0.0135. The van der Waals surface area contributed by atoms with E-state index in [2.05, 4.69) is 0 Å². The SMILES string of the molecule is COc1ccc2c(c1)[C@H](C)C(=O)N(C)[C@@H](CO)C2. The van der Waals surface area contributed by atoms with Gasteiger partial charge in [0.1, 0.15) is 5.75 Å². The number of nitrogens with zero attached hydrogens (tertiary/aromatic N) is 1. The van der Waals surface area contributed by atoms with Crippen molar-refractivity contribution < 1.29 is 14.6 Å². The average molecular weight is 249 g/mol. The third-order valence-corrected chi connectivity index (χ3v) is 3.75. The van der Waals surface area contributed by atoms with Gasteiger partial charge in [-0.15, -0.1) is 0 Å². The lowest BCUT2D eigenvalue weighted by molar-refractivity contribution is -0.133. The van der Waals surface area contributed by atoms with Gasteiger partial charge in [-0.25, -0.2) is 0 Å². The Bertz CT molecular complexity index is 458. The largest absolute Gasteiger partial charge is 0.497 e. The lowest BCUT2D eigenvalue weighted by Crippen LogP contribution is -2.40. The predicted molar refractivity (Wildman–Crippen MR) is 68.8 cm³/mol. The van der Waals surface area contributed by atoms with Crippen molar-refractivity contribution in [3.05, 3.63) is 29.3 Å². The summed E-state index contributed by atoms with van der Waals surface area (Å²) in [6.45, 7) is 1.89. The second-order valence-electron chi connectivity index (χ2n) is 4.78. The number of aliphatic hydroxyl groups is 1. The maximum absolute atomic E-state index is 12.3. The fourth-order valence-corrected chi connectivity index (χ4v) is 2.49. The molecule has 0 bridgehead atoms. The fraction of sp³-hybridized carbons (Fsp3) is 0.500. The Labute approximate surface area is 107 Å². The molecule has 0 fully saturated rings. The van der Waals surface area contributed by atoms with E-state index in [-0.39, 0.29) is 24.5 Å². The number of ether oxygens (including phenoxy) is 1. The summed E-state index contributed by atoms with van der Waals surface area (Å²) in [6, 6.07) is 5.66. The Morgan fingerprint density at radius 2 is 2.22 bits per heavy atom. The van der Waals surface area contributed by atoms with Crippen molar-refractivity contribution in [1.82, 2.24) is 4.90 Å². The van der Waals surface area contributed by atoms with Crippen LogP contribution in [0.3, 0.4) is 0 Å². The van der Waals surface area contributed by atoms with Crippen molar-refractivity contribution in [2.75, 3.05) is 20.8 Å². The minimum atomic E-state index is -0.198. The molecule has 4 nitrogen and oxygen atoms in total. The third-order valence-electron chi connectivity index (χ3n) is 3.75. The Kier molecular flexibility index (Phi) is 3.57. The zero-order valence-corrected chi connectivity index (χ0v) is 11.0. The summed E-state index contributed by atoms with van der Waals surface area (Å²) in [4.78, 5) is 13.9. The van der Waals surface area contributed by atoms with Crippen LogP contribution < -0.4 is 4.74 Å². The van der Waals surface area contributed by atoms with Crippen molar-refractivity contribution >= 4 is 5.91 Å². The van der Waals surface area contributed by atoms with E-state index in [0.29, 0.717) is 6.42 Å². The molecule has 2 rings (SSSR count). The van der Waals surface area contributed by atoms with E-state index >= 15 is 0 Å². The molecule has 1 aromatic rings. The first kappa shape index (κ1) is 12.9. The lowest BCUT2D eigenvalue weighted by Gasteiger charge is -2.25. The molecule has 0 unspecified atom stereocenters. The van der Waals surface area contributed by atoms with Crippen molar-refractivity contribution in [2.45, 2.75) is 25.3 Å². The number of methoxy groups -OCH3 is 1. The van der Waals surface area contributed by atoms with Gasteiger partial charge in [0.05, 0.1) is 25.7 Å². The number of benzene rings is 1. The molecule has 0 aromatic heterocycles. The number of fused-ring (bicyclic) bond motifs is 1. The number of hydrogen-bond donors (Lipinski definition) is 1. The first-order valence-electron chi connectivity index (χ1n) is 6.12. The zero-order chi connectivity index (χ0) is 13.3. The number of aliphatic hydroxyl groups excluding tert-OH is 1. The molecule has 98 valence electrons. The maximum Gasteiger partial charge on any atom is 0.229 e. The Hall–Kier alpha value is -1.55. The molecule has 1 aromatic carbocycles. The number of hydrogen-bond acceptors (Lipinski definition) is 3. The highest BCUT2D eigenvalue weighted by Crippen LogP contribution is 2.31. The monoisotopic (exact) mass is 249 g/mol. The van der Waals surface area contributed by atoms with Crippen LogP contribution in [0.25, 0.3) is 0 Å². The van der Waals surface area contributed by atoms with E-state index in [0.717, 1.165) is 16.9 Å². The van der Waals surface area contributed by atoms with Crippen molar-refractivity contribution in [3.63, 3.8) is 0 Å². The third kappa shape index (κ3) is 2.08. The van der Waals surface area contributed by atoms with E-state index in [9.17, 15) is 9.90 Å². The highest BCUT2D eigenvalue weighted by Gasteiger charge is 2.31.